The van der Waals surface area contributed by atoms with E-state index in [1.807, 2.05) is 54.0 Å². The molecule has 0 aliphatic carbocycles. The molecule has 6 nitrogen and oxygen atoms in total. The van der Waals surface area contributed by atoms with Gasteiger partial charge in [-0.2, -0.15) is 0 Å². The second-order valence-corrected chi connectivity index (χ2v) is 7.78. The second-order valence-electron chi connectivity index (χ2n) is 6.47. The molecular weight excluding hydrogens is 372 g/mol. The molecule has 0 saturated heterocycles. The fourth-order valence-corrected chi connectivity index (χ4v) is 3.67. The highest BCUT2D eigenvalue weighted by Crippen LogP contribution is 2.28. The normalized spacial score (nSPS) is 13.0. The summed E-state index contributed by atoms with van der Waals surface area (Å²) in [7, 11) is 1.62. The quantitative estimate of drug-likeness (QED) is 0.588. The molecule has 146 valence electrons. The lowest BCUT2D eigenvalue weighted by Crippen LogP contribution is -2.33. The minimum atomic E-state index is -0.305. The van der Waals surface area contributed by atoms with Gasteiger partial charge in [0, 0.05) is 6.54 Å². The molecule has 3 aromatic rings. The van der Waals surface area contributed by atoms with Crippen molar-refractivity contribution in [3.63, 3.8) is 0 Å². The van der Waals surface area contributed by atoms with Crippen molar-refractivity contribution in [3.8, 4) is 11.4 Å². The van der Waals surface area contributed by atoms with Gasteiger partial charge in [0.05, 0.1) is 18.0 Å². The van der Waals surface area contributed by atoms with Gasteiger partial charge in [0.25, 0.3) is 0 Å². The maximum Gasteiger partial charge on any atom is 0.233 e. The van der Waals surface area contributed by atoms with Crippen molar-refractivity contribution >= 4 is 17.7 Å². The van der Waals surface area contributed by atoms with E-state index in [-0.39, 0.29) is 17.1 Å². The number of benzene rings is 2. The van der Waals surface area contributed by atoms with Crippen LogP contribution in [0.3, 0.4) is 0 Å². The first-order valence-corrected chi connectivity index (χ1v) is 10.0. The summed E-state index contributed by atoms with van der Waals surface area (Å²) >= 11 is 1.37. The lowest BCUT2D eigenvalue weighted by atomic mass is 10.0. The molecule has 0 aliphatic rings. The van der Waals surface area contributed by atoms with Crippen molar-refractivity contribution in [3.05, 3.63) is 66.5 Å². The van der Waals surface area contributed by atoms with Crippen molar-refractivity contribution in [2.45, 2.75) is 30.2 Å². The Kier molecular flexibility index (Phi) is 6.71. The van der Waals surface area contributed by atoms with Crippen LogP contribution in [0.15, 0.2) is 66.1 Å². The van der Waals surface area contributed by atoms with Gasteiger partial charge in [-0.05, 0) is 30.5 Å². The van der Waals surface area contributed by atoms with Crippen molar-refractivity contribution in [1.82, 2.24) is 20.1 Å². The van der Waals surface area contributed by atoms with Gasteiger partial charge in [0.2, 0.25) is 5.91 Å². The summed E-state index contributed by atoms with van der Waals surface area (Å²) in [6, 6.07) is 17.8. The average molecular weight is 397 g/mol. The van der Waals surface area contributed by atoms with Crippen molar-refractivity contribution in [2.24, 2.45) is 0 Å². The molecule has 3 rings (SSSR count). The molecule has 28 heavy (non-hydrogen) atoms. The van der Waals surface area contributed by atoms with E-state index in [9.17, 15) is 4.79 Å². The minimum absolute atomic E-state index is 0.0256. The molecular formula is C21H24N4O2S. The van der Waals surface area contributed by atoms with Crippen molar-refractivity contribution in [2.75, 3.05) is 13.7 Å². The minimum Gasteiger partial charge on any atom is -0.495 e. The van der Waals surface area contributed by atoms with Gasteiger partial charge in [-0.25, -0.2) is 0 Å². The predicted molar refractivity (Wildman–Crippen MR) is 111 cm³/mol. The van der Waals surface area contributed by atoms with E-state index >= 15 is 0 Å². The molecule has 1 N–H and O–H groups in total. The lowest BCUT2D eigenvalue weighted by molar-refractivity contribution is -0.120. The molecule has 1 heterocycles. The Balaban J connectivity index is 1.63. The third kappa shape index (κ3) is 4.72. The van der Waals surface area contributed by atoms with Gasteiger partial charge in [-0.1, -0.05) is 61.2 Å². The van der Waals surface area contributed by atoms with E-state index in [1.165, 1.54) is 17.3 Å². The fourth-order valence-electron chi connectivity index (χ4n) is 2.81. The third-order valence-corrected chi connectivity index (χ3v) is 5.52. The molecule has 0 aliphatic heterocycles. The van der Waals surface area contributed by atoms with Gasteiger partial charge in [-0.3, -0.25) is 9.36 Å². The van der Waals surface area contributed by atoms with Crippen LogP contribution in [0.5, 0.6) is 5.75 Å². The summed E-state index contributed by atoms with van der Waals surface area (Å²) in [5.41, 5.74) is 2.04. The molecule has 7 heteroatoms. The van der Waals surface area contributed by atoms with Crippen LogP contribution < -0.4 is 10.1 Å². The monoisotopic (exact) mass is 396 g/mol. The van der Waals surface area contributed by atoms with E-state index < -0.39 is 0 Å². The first-order valence-electron chi connectivity index (χ1n) is 9.13. The maximum absolute atomic E-state index is 12.6. The Morgan fingerprint density at radius 1 is 1.14 bits per heavy atom. The summed E-state index contributed by atoms with van der Waals surface area (Å²) < 4.78 is 7.25. The first-order chi connectivity index (χ1) is 13.6. The summed E-state index contributed by atoms with van der Waals surface area (Å²) in [6.45, 7) is 4.56. The first kappa shape index (κ1) is 19.9. The van der Waals surface area contributed by atoms with Crippen LogP contribution in [-0.4, -0.2) is 39.6 Å². The van der Waals surface area contributed by atoms with Crippen LogP contribution >= 0.6 is 11.8 Å². The molecule has 2 unspecified atom stereocenters. The number of methoxy groups -OCH3 is 1. The number of rotatable bonds is 8. The van der Waals surface area contributed by atoms with E-state index in [0.29, 0.717) is 11.7 Å². The standard InChI is InChI=1S/C21H24N4O2S/c1-15(17-9-5-4-6-10-17)13-22-20(26)16(2)28-21-24-23-14-25(21)18-11-7-8-12-19(18)27-3/h4-12,14-16H,13H2,1-3H3,(H,22,26). The number of thioether (sulfide) groups is 1. The van der Waals surface area contributed by atoms with Crippen LogP contribution in [0.25, 0.3) is 5.69 Å². The van der Waals surface area contributed by atoms with Gasteiger partial charge < -0.3 is 10.1 Å². The zero-order valence-electron chi connectivity index (χ0n) is 16.2. The smallest absolute Gasteiger partial charge is 0.233 e. The highest BCUT2D eigenvalue weighted by molar-refractivity contribution is 8.00. The fraction of sp³-hybridized carbons (Fsp3) is 0.286. The van der Waals surface area contributed by atoms with E-state index in [4.69, 9.17) is 4.74 Å². The summed E-state index contributed by atoms with van der Waals surface area (Å²) in [5, 5.41) is 11.5. The lowest BCUT2D eigenvalue weighted by Gasteiger charge is -2.16. The van der Waals surface area contributed by atoms with Gasteiger partial charge in [-0.15, -0.1) is 10.2 Å². The second kappa shape index (κ2) is 9.41. The number of carbonyl (C=O) groups excluding carboxylic acids is 1. The highest BCUT2D eigenvalue weighted by atomic mass is 32.2. The summed E-state index contributed by atoms with van der Waals surface area (Å²) in [5.74, 6) is 0.944. The van der Waals surface area contributed by atoms with Crippen LogP contribution in [-0.2, 0) is 4.79 Å². The summed E-state index contributed by atoms with van der Waals surface area (Å²) in [6.07, 6.45) is 1.63. The zero-order valence-corrected chi connectivity index (χ0v) is 17.0. The summed E-state index contributed by atoms with van der Waals surface area (Å²) in [4.78, 5) is 12.6. The van der Waals surface area contributed by atoms with E-state index in [2.05, 4.69) is 34.6 Å². The molecule has 0 radical (unpaired) electrons. The Morgan fingerprint density at radius 2 is 1.86 bits per heavy atom. The van der Waals surface area contributed by atoms with Crippen LogP contribution in [0.1, 0.15) is 25.3 Å². The van der Waals surface area contributed by atoms with Crippen LogP contribution in [0.4, 0.5) is 0 Å². The van der Waals surface area contributed by atoms with E-state index in [1.54, 1.807) is 13.4 Å². The van der Waals surface area contributed by atoms with E-state index in [0.717, 1.165) is 11.4 Å². The highest BCUT2D eigenvalue weighted by Gasteiger charge is 2.20. The molecule has 0 spiro atoms. The van der Waals surface area contributed by atoms with Gasteiger partial charge in [0.1, 0.15) is 12.1 Å². The number of aromatic nitrogens is 3. The Bertz CT molecular complexity index is 914. The number of hydrogen-bond acceptors (Lipinski definition) is 5. The molecule has 2 aromatic carbocycles. The van der Waals surface area contributed by atoms with Crippen LogP contribution in [0.2, 0.25) is 0 Å². The number of para-hydroxylation sites is 2. The Morgan fingerprint density at radius 3 is 2.61 bits per heavy atom. The number of carbonyl (C=O) groups is 1. The topological polar surface area (TPSA) is 69.0 Å². The zero-order chi connectivity index (χ0) is 19.9. The molecule has 2 atom stereocenters. The Hall–Kier alpha value is -2.80. The number of amides is 1. The number of nitrogens with zero attached hydrogens (tertiary/aromatic N) is 3. The van der Waals surface area contributed by atoms with Crippen molar-refractivity contribution in [1.29, 1.82) is 0 Å². The molecule has 0 saturated carbocycles. The average Bonchev–Trinajstić information content (AvgIpc) is 3.20. The number of nitrogens with one attached hydrogen (secondary N) is 1. The number of ether oxygens (including phenoxy) is 1. The molecule has 1 amide bonds. The van der Waals surface area contributed by atoms with Gasteiger partial charge >= 0.3 is 0 Å². The number of hydrogen-bond donors (Lipinski definition) is 1. The SMILES string of the molecule is COc1ccccc1-n1cnnc1SC(C)C(=O)NCC(C)c1ccccc1. The third-order valence-electron chi connectivity index (χ3n) is 4.46. The molecule has 0 bridgehead atoms. The maximum atomic E-state index is 12.6. The predicted octanol–water partition coefficient (Wildman–Crippen LogP) is 3.68. The van der Waals surface area contributed by atoms with Crippen LogP contribution in [0, 0.1) is 0 Å². The van der Waals surface area contributed by atoms with Crippen molar-refractivity contribution < 1.29 is 9.53 Å². The molecule has 0 fully saturated rings. The largest absolute Gasteiger partial charge is 0.495 e. The Labute approximate surface area is 169 Å². The van der Waals surface area contributed by atoms with Gasteiger partial charge in [0.15, 0.2) is 5.16 Å². The molecule has 1 aromatic heterocycles.